The molecule has 0 spiro atoms. The summed E-state index contributed by atoms with van der Waals surface area (Å²) < 4.78 is 33.4. The van der Waals surface area contributed by atoms with Gasteiger partial charge in [-0.25, -0.2) is 22.2 Å². The Morgan fingerprint density at radius 2 is 1.79 bits per heavy atom. The lowest BCUT2D eigenvalue weighted by atomic mass is 10.1. The van der Waals surface area contributed by atoms with Gasteiger partial charge in [0.25, 0.3) is 5.91 Å². The number of benzene rings is 1. The molecule has 2 heterocycles. The van der Waals surface area contributed by atoms with Crippen molar-refractivity contribution in [2.24, 2.45) is 0 Å². The van der Waals surface area contributed by atoms with Gasteiger partial charge in [0.2, 0.25) is 10.0 Å². The largest absolute Gasteiger partial charge is 0.449 e. The summed E-state index contributed by atoms with van der Waals surface area (Å²) in [6.45, 7) is 6.85. The van der Waals surface area contributed by atoms with Gasteiger partial charge < -0.3 is 15.0 Å². The van der Waals surface area contributed by atoms with Crippen LogP contribution in [-0.2, 0) is 19.6 Å². The Morgan fingerprint density at radius 3 is 2.39 bits per heavy atom. The molecule has 1 saturated heterocycles. The van der Waals surface area contributed by atoms with Crippen molar-refractivity contribution in [3.8, 4) is 0 Å². The SMILES string of the molecule is CC(C)n1nccc1NC(=O)[C@H](C)OC(=O)c1cc(S(=O)(=O)N(C)C)ccc1N1CCCC1. The van der Waals surface area contributed by atoms with Crippen molar-refractivity contribution < 1.29 is 22.7 Å². The summed E-state index contributed by atoms with van der Waals surface area (Å²) >= 11 is 0. The highest BCUT2D eigenvalue weighted by Gasteiger charge is 2.27. The first-order chi connectivity index (χ1) is 15.5. The van der Waals surface area contributed by atoms with Crippen LogP contribution in [0.3, 0.4) is 0 Å². The van der Waals surface area contributed by atoms with Gasteiger partial charge >= 0.3 is 5.97 Å². The highest BCUT2D eigenvalue weighted by Crippen LogP contribution is 2.29. The lowest BCUT2D eigenvalue weighted by Crippen LogP contribution is -2.32. The number of carbonyl (C=O) groups is 2. The summed E-state index contributed by atoms with van der Waals surface area (Å²) in [6, 6.07) is 6.14. The quantitative estimate of drug-likeness (QED) is 0.581. The molecule has 0 bridgehead atoms. The Hall–Kier alpha value is -2.92. The fourth-order valence-corrected chi connectivity index (χ4v) is 4.54. The number of sulfonamides is 1. The third-order valence-electron chi connectivity index (χ3n) is 5.48. The fraction of sp³-hybridized carbons (Fsp3) is 0.500. The predicted molar refractivity (Wildman–Crippen MR) is 125 cm³/mol. The zero-order valence-corrected chi connectivity index (χ0v) is 20.4. The molecule has 0 aliphatic carbocycles. The molecule has 0 saturated carbocycles. The number of amides is 1. The maximum atomic E-state index is 13.1. The lowest BCUT2D eigenvalue weighted by Gasteiger charge is -2.23. The number of ether oxygens (including phenoxy) is 1. The van der Waals surface area contributed by atoms with Gasteiger partial charge in [-0.15, -0.1) is 0 Å². The Bertz CT molecular complexity index is 1120. The van der Waals surface area contributed by atoms with Gasteiger partial charge in [-0.05, 0) is 51.8 Å². The third-order valence-corrected chi connectivity index (χ3v) is 7.29. The molecule has 180 valence electrons. The van der Waals surface area contributed by atoms with Crippen LogP contribution < -0.4 is 10.2 Å². The molecule has 1 N–H and O–H groups in total. The van der Waals surface area contributed by atoms with E-state index in [-0.39, 0.29) is 16.5 Å². The topological polar surface area (TPSA) is 114 Å². The monoisotopic (exact) mass is 477 g/mol. The Morgan fingerprint density at radius 1 is 1.12 bits per heavy atom. The Labute approximate surface area is 194 Å². The van der Waals surface area contributed by atoms with Crippen LogP contribution in [0.4, 0.5) is 11.5 Å². The number of hydrogen-bond acceptors (Lipinski definition) is 7. The number of rotatable bonds is 8. The standard InChI is InChI=1S/C22H31N5O5S/c1-15(2)27-20(10-11-23-27)24-21(28)16(3)32-22(29)18-14-17(33(30,31)25(4)5)8-9-19(18)26-12-6-7-13-26/h8-11,14-16H,6-7,12-13H2,1-5H3,(H,24,28)/t16-/m0/s1. The summed E-state index contributed by atoms with van der Waals surface area (Å²) in [5, 5.41) is 6.89. The maximum absolute atomic E-state index is 13.1. The van der Waals surface area contributed by atoms with Gasteiger partial charge in [-0.2, -0.15) is 5.10 Å². The van der Waals surface area contributed by atoms with Crippen LogP contribution in [0.2, 0.25) is 0 Å². The number of aromatic nitrogens is 2. The molecular weight excluding hydrogens is 446 g/mol. The van der Waals surface area contributed by atoms with E-state index < -0.39 is 28.0 Å². The maximum Gasteiger partial charge on any atom is 0.341 e. The van der Waals surface area contributed by atoms with Gasteiger partial charge in [-0.3, -0.25) is 4.79 Å². The molecule has 0 unspecified atom stereocenters. The minimum Gasteiger partial charge on any atom is -0.449 e. The number of hydrogen-bond donors (Lipinski definition) is 1. The van der Waals surface area contributed by atoms with Gasteiger partial charge in [0.05, 0.1) is 22.3 Å². The molecule has 1 fully saturated rings. The zero-order valence-electron chi connectivity index (χ0n) is 19.6. The zero-order chi connectivity index (χ0) is 24.3. The van der Waals surface area contributed by atoms with Crippen LogP contribution in [0.5, 0.6) is 0 Å². The molecule has 1 atom stereocenters. The van der Waals surface area contributed by atoms with Crippen molar-refractivity contribution in [2.45, 2.75) is 50.7 Å². The smallest absolute Gasteiger partial charge is 0.341 e. The van der Waals surface area contributed by atoms with Crippen LogP contribution in [0, 0.1) is 0 Å². The minimum atomic E-state index is -3.75. The molecular formula is C22H31N5O5S. The Balaban J connectivity index is 1.84. The number of anilines is 2. The van der Waals surface area contributed by atoms with E-state index >= 15 is 0 Å². The van der Waals surface area contributed by atoms with Crippen molar-refractivity contribution in [3.63, 3.8) is 0 Å². The highest BCUT2D eigenvalue weighted by atomic mass is 32.2. The van der Waals surface area contributed by atoms with Gasteiger partial charge in [0, 0.05) is 39.3 Å². The van der Waals surface area contributed by atoms with E-state index in [0.29, 0.717) is 11.5 Å². The van der Waals surface area contributed by atoms with Crippen molar-refractivity contribution >= 4 is 33.4 Å². The average molecular weight is 478 g/mol. The van der Waals surface area contributed by atoms with Gasteiger partial charge in [0.1, 0.15) is 5.82 Å². The van der Waals surface area contributed by atoms with E-state index in [1.807, 2.05) is 18.7 Å². The van der Waals surface area contributed by atoms with E-state index in [4.69, 9.17) is 4.74 Å². The molecule has 1 aromatic heterocycles. The summed E-state index contributed by atoms with van der Waals surface area (Å²) in [6.07, 6.45) is 2.43. The fourth-order valence-electron chi connectivity index (χ4n) is 3.61. The van der Waals surface area contributed by atoms with Crippen LogP contribution >= 0.6 is 0 Å². The summed E-state index contributed by atoms with van der Waals surface area (Å²) in [5.74, 6) is -0.770. The van der Waals surface area contributed by atoms with Gasteiger partial charge in [0.15, 0.2) is 6.10 Å². The highest BCUT2D eigenvalue weighted by molar-refractivity contribution is 7.89. The van der Waals surface area contributed by atoms with E-state index in [0.717, 1.165) is 30.2 Å². The molecule has 33 heavy (non-hydrogen) atoms. The van der Waals surface area contributed by atoms with Crippen molar-refractivity contribution in [1.29, 1.82) is 0 Å². The van der Waals surface area contributed by atoms with E-state index in [9.17, 15) is 18.0 Å². The van der Waals surface area contributed by atoms with Crippen molar-refractivity contribution in [3.05, 3.63) is 36.0 Å². The summed E-state index contributed by atoms with van der Waals surface area (Å²) in [5.41, 5.74) is 0.715. The summed E-state index contributed by atoms with van der Waals surface area (Å²) in [4.78, 5) is 27.8. The molecule has 1 aromatic carbocycles. The molecule has 10 nitrogen and oxygen atoms in total. The molecule has 2 aromatic rings. The number of esters is 1. The molecule has 1 aliphatic heterocycles. The number of carbonyl (C=O) groups excluding carboxylic acids is 2. The van der Waals surface area contributed by atoms with Crippen LogP contribution in [0.15, 0.2) is 35.4 Å². The number of nitrogens with zero attached hydrogens (tertiary/aromatic N) is 4. The van der Waals surface area contributed by atoms with E-state index in [2.05, 4.69) is 10.4 Å². The predicted octanol–water partition coefficient (Wildman–Crippen LogP) is 2.50. The molecule has 1 amide bonds. The molecule has 0 radical (unpaired) electrons. The average Bonchev–Trinajstić information content (AvgIpc) is 3.45. The second-order valence-electron chi connectivity index (χ2n) is 8.45. The lowest BCUT2D eigenvalue weighted by molar-refractivity contribution is -0.123. The van der Waals surface area contributed by atoms with E-state index in [1.165, 1.54) is 33.2 Å². The van der Waals surface area contributed by atoms with Crippen LogP contribution in [0.25, 0.3) is 0 Å². The van der Waals surface area contributed by atoms with Crippen molar-refractivity contribution in [1.82, 2.24) is 14.1 Å². The molecule has 3 rings (SSSR count). The third kappa shape index (κ3) is 5.36. The van der Waals surface area contributed by atoms with Gasteiger partial charge in [-0.1, -0.05) is 0 Å². The number of nitrogens with one attached hydrogen (secondary N) is 1. The molecule has 1 aliphatic rings. The van der Waals surface area contributed by atoms with E-state index in [1.54, 1.807) is 23.0 Å². The first kappa shape index (κ1) is 24.7. The normalized spacial score (nSPS) is 15.2. The van der Waals surface area contributed by atoms with Crippen LogP contribution in [0.1, 0.15) is 50.0 Å². The minimum absolute atomic E-state index is 0.0136. The second kappa shape index (κ2) is 9.92. The Kier molecular flexibility index (Phi) is 7.43. The molecule has 11 heteroatoms. The van der Waals surface area contributed by atoms with Crippen LogP contribution in [-0.4, -0.2) is 67.7 Å². The first-order valence-corrected chi connectivity index (χ1v) is 12.3. The summed E-state index contributed by atoms with van der Waals surface area (Å²) in [7, 11) is -0.894. The second-order valence-corrected chi connectivity index (χ2v) is 10.6. The first-order valence-electron chi connectivity index (χ1n) is 10.9. The van der Waals surface area contributed by atoms with Crippen molar-refractivity contribution in [2.75, 3.05) is 37.4 Å².